The van der Waals surface area contributed by atoms with E-state index in [0.29, 0.717) is 0 Å². The second-order valence-corrected chi connectivity index (χ2v) is 20.9. The SMILES string of the molecule is CC(C)(C)c1ccc(-n2c(-c3[c-]ccc4c3oc3ccccc34)nc3ccccc32)cc1.Cc1cc(-c2[c-]cc3ccccc3c2)ncc1[Si](C)(C)C.[Ir]. The van der Waals surface area contributed by atoms with Gasteiger partial charge in [-0.15, -0.1) is 47.3 Å². The first-order valence-electron chi connectivity index (χ1n) is 18.2. The number of hydrogen-bond donors (Lipinski definition) is 0. The van der Waals surface area contributed by atoms with Crippen LogP contribution < -0.4 is 5.19 Å². The van der Waals surface area contributed by atoms with Crippen molar-refractivity contribution in [2.75, 3.05) is 0 Å². The fourth-order valence-electron chi connectivity index (χ4n) is 7.18. The molecule has 9 rings (SSSR count). The van der Waals surface area contributed by atoms with E-state index < -0.39 is 8.07 Å². The van der Waals surface area contributed by atoms with Gasteiger partial charge in [0.2, 0.25) is 0 Å². The molecular formula is C48H43IrN3OSi-2. The minimum absolute atomic E-state index is 0. The standard InChI is InChI=1S/C29H23N2O.C19H20NSi.Ir/c1-29(2,3)19-15-17-20(18-16-19)31-25-13-6-5-12-24(25)30-28(31)23-11-8-10-22-21-9-4-7-14-26(21)32-27(22)23;1-14-11-18(20-13-19(14)21(2,3)4)17-10-9-15-7-5-6-8-16(15)12-17;/h4-10,12-18H,1-3H3;5-9,11-13H,1-4H3;/q2*-1;. The molecule has 0 atom stereocenters. The Kier molecular flexibility index (Phi) is 10.1. The minimum atomic E-state index is -1.32. The molecule has 1 radical (unpaired) electrons. The van der Waals surface area contributed by atoms with Crippen LogP contribution in [0.1, 0.15) is 31.9 Å². The van der Waals surface area contributed by atoms with Gasteiger partial charge in [-0.2, -0.15) is 0 Å². The molecule has 0 aliphatic carbocycles. The first-order chi connectivity index (χ1) is 25.5. The summed E-state index contributed by atoms with van der Waals surface area (Å²) in [4.78, 5) is 9.71. The molecule has 9 aromatic rings. The van der Waals surface area contributed by atoms with Crippen molar-refractivity contribution in [3.63, 3.8) is 0 Å². The van der Waals surface area contributed by atoms with E-state index in [9.17, 15) is 0 Å². The molecule has 3 heterocycles. The van der Waals surface area contributed by atoms with Crippen LogP contribution in [0, 0.1) is 19.1 Å². The first kappa shape index (κ1) is 37.2. The molecule has 0 saturated heterocycles. The van der Waals surface area contributed by atoms with E-state index in [1.54, 1.807) is 0 Å². The maximum absolute atomic E-state index is 6.30. The van der Waals surface area contributed by atoms with Crippen LogP contribution in [0.2, 0.25) is 19.6 Å². The smallest absolute Gasteiger partial charge is 0.120 e. The van der Waals surface area contributed by atoms with Gasteiger partial charge in [-0.3, -0.25) is 4.98 Å². The number of rotatable bonds is 4. The number of para-hydroxylation sites is 3. The average Bonchev–Trinajstić information content (AvgIpc) is 3.73. The van der Waals surface area contributed by atoms with Gasteiger partial charge in [0.05, 0.1) is 30.5 Å². The summed E-state index contributed by atoms with van der Waals surface area (Å²) in [6.45, 7) is 16.0. The monoisotopic (exact) mass is 898 g/mol. The number of benzene rings is 6. The third-order valence-electron chi connectivity index (χ3n) is 9.99. The van der Waals surface area contributed by atoms with Crippen molar-refractivity contribution >= 4 is 57.0 Å². The summed E-state index contributed by atoms with van der Waals surface area (Å²) < 4.78 is 8.51. The fourth-order valence-corrected chi connectivity index (χ4v) is 8.89. The molecule has 0 amide bonds. The summed E-state index contributed by atoms with van der Waals surface area (Å²) in [6, 6.07) is 50.8. The van der Waals surface area contributed by atoms with Crippen molar-refractivity contribution in [3.8, 4) is 28.3 Å². The Morgan fingerprint density at radius 2 is 1.44 bits per heavy atom. The zero-order valence-electron chi connectivity index (χ0n) is 31.8. The van der Waals surface area contributed by atoms with E-state index in [2.05, 4.69) is 166 Å². The first-order valence-corrected chi connectivity index (χ1v) is 21.7. The predicted octanol–water partition coefficient (Wildman–Crippen LogP) is 12.2. The number of fused-ring (bicyclic) bond motifs is 5. The van der Waals surface area contributed by atoms with Gasteiger partial charge in [-0.05, 0) is 59.1 Å². The van der Waals surface area contributed by atoms with Gasteiger partial charge < -0.3 is 14.0 Å². The van der Waals surface area contributed by atoms with Crippen molar-refractivity contribution in [2.45, 2.75) is 52.8 Å². The van der Waals surface area contributed by atoms with Crippen LogP contribution in [0.4, 0.5) is 0 Å². The molecule has 0 aliphatic rings. The zero-order chi connectivity index (χ0) is 36.9. The normalized spacial score (nSPS) is 11.8. The second kappa shape index (κ2) is 14.6. The average molecular weight is 898 g/mol. The van der Waals surface area contributed by atoms with E-state index in [1.165, 1.54) is 27.1 Å². The van der Waals surface area contributed by atoms with Crippen LogP contribution in [-0.2, 0) is 25.5 Å². The van der Waals surface area contributed by atoms with Crippen molar-refractivity contribution in [3.05, 3.63) is 157 Å². The third-order valence-corrected chi connectivity index (χ3v) is 12.1. The van der Waals surface area contributed by atoms with Gasteiger partial charge in [0.15, 0.2) is 0 Å². The Balaban J connectivity index is 0.000000178. The second-order valence-electron chi connectivity index (χ2n) is 15.9. The number of aromatic nitrogens is 3. The molecule has 0 unspecified atom stereocenters. The summed E-state index contributed by atoms with van der Waals surface area (Å²) in [5, 5.41) is 6.08. The molecule has 271 valence electrons. The van der Waals surface area contributed by atoms with Gasteiger partial charge in [0, 0.05) is 37.4 Å². The van der Waals surface area contributed by atoms with Gasteiger partial charge in [0.1, 0.15) is 5.58 Å². The summed E-state index contributed by atoms with van der Waals surface area (Å²) in [5.41, 5.74) is 10.5. The minimum Gasteiger partial charge on any atom is -0.501 e. The molecule has 6 aromatic carbocycles. The molecular weight excluding hydrogens is 855 g/mol. The van der Waals surface area contributed by atoms with E-state index in [4.69, 9.17) is 9.40 Å². The topological polar surface area (TPSA) is 43.9 Å². The van der Waals surface area contributed by atoms with E-state index in [1.807, 2.05) is 36.4 Å². The zero-order valence-corrected chi connectivity index (χ0v) is 35.2. The molecule has 0 spiro atoms. The Hall–Kier alpha value is -5.13. The van der Waals surface area contributed by atoms with E-state index in [-0.39, 0.29) is 25.5 Å². The molecule has 0 N–H and O–H groups in total. The van der Waals surface area contributed by atoms with Crippen molar-refractivity contribution in [1.29, 1.82) is 0 Å². The molecule has 3 aromatic heterocycles. The maximum atomic E-state index is 6.30. The molecule has 0 saturated carbocycles. The quantitative estimate of drug-likeness (QED) is 0.131. The maximum Gasteiger partial charge on any atom is 0.120 e. The van der Waals surface area contributed by atoms with Crippen LogP contribution in [0.5, 0.6) is 0 Å². The Morgan fingerprint density at radius 3 is 2.19 bits per heavy atom. The number of imidazole rings is 1. The Labute approximate surface area is 332 Å². The number of hydrogen-bond acceptors (Lipinski definition) is 3. The molecule has 0 fully saturated rings. The number of aryl methyl sites for hydroxylation is 1. The van der Waals surface area contributed by atoms with Crippen molar-refractivity contribution < 1.29 is 24.5 Å². The number of furan rings is 1. The molecule has 54 heavy (non-hydrogen) atoms. The van der Waals surface area contributed by atoms with Gasteiger partial charge in [0.25, 0.3) is 0 Å². The summed E-state index contributed by atoms with van der Waals surface area (Å²) in [7, 11) is -1.32. The Bertz CT molecular complexity index is 2770. The third kappa shape index (κ3) is 7.10. The summed E-state index contributed by atoms with van der Waals surface area (Å²) in [6.07, 6.45) is 2.07. The van der Waals surface area contributed by atoms with Crippen molar-refractivity contribution in [2.24, 2.45) is 0 Å². The van der Waals surface area contributed by atoms with Gasteiger partial charge in [-0.25, -0.2) is 0 Å². The van der Waals surface area contributed by atoms with Gasteiger partial charge >= 0.3 is 0 Å². The summed E-state index contributed by atoms with van der Waals surface area (Å²) in [5.74, 6) is 0.833. The van der Waals surface area contributed by atoms with E-state index >= 15 is 0 Å². The number of pyridine rings is 1. The molecule has 4 nitrogen and oxygen atoms in total. The molecule has 6 heteroatoms. The fraction of sp³-hybridized carbons (Fsp3) is 0.167. The largest absolute Gasteiger partial charge is 0.501 e. The van der Waals surface area contributed by atoms with Crippen LogP contribution in [0.3, 0.4) is 0 Å². The van der Waals surface area contributed by atoms with E-state index in [0.717, 1.165) is 61.3 Å². The predicted molar refractivity (Wildman–Crippen MR) is 225 cm³/mol. The van der Waals surface area contributed by atoms with Gasteiger partial charge in [-0.1, -0.05) is 135 Å². The Morgan fingerprint density at radius 1 is 0.741 bits per heavy atom. The van der Waals surface area contributed by atoms with Crippen LogP contribution >= 0.6 is 0 Å². The molecule has 0 bridgehead atoms. The van der Waals surface area contributed by atoms with Crippen LogP contribution in [-0.4, -0.2) is 22.6 Å². The molecule has 0 aliphatic heterocycles. The summed E-state index contributed by atoms with van der Waals surface area (Å²) >= 11 is 0. The number of nitrogens with zero attached hydrogens (tertiary/aromatic N) is 3. The van der Waals surface area contributed by atoms with Crippen LogP contribution in [0.15, 0.2) is 138 Å². The van der Waals surface area contributed by atoms with Crippen molar-refractivity contribution in [1.82, 2.24) is 14.5 Å². The van der Waals surface area contributed by atoms with Crippen LogP contribution in [0.25, 0.3) is 72.1 Å².